The van der Waals surface area contributed by atoms with Crippen molar-refractivity contribution >= 4 is 61.0 Å². The first-order valence-electron chi connectivity index (χ1n) is 13.2. The van der Waals surface area contributed by atoms with Gasteiger partial charge in [0.2, 0.25) is 0 Å². The smallest absolute Gasteiger partial charge is 0.271 e. The largest absolute Gasteiger partial charge is 0.488 e. The number of rotatable bonds is 9. The summed E-state index contributed by atoms with van der Waals surface area (Å²) in [4.78, 5) is 17.6. The molecule has 2 N–H and O–H groups in total. The zero-order chi connectivity index (χ0) is 28.7. The molecule has 6 nitrogen and oxygen atoms in total. The van der Waals surface area contributed by atoms with Gasteiger partial charge in [-0.05, 0) is 58.8 Å². The lowest BCUT2D eigenvalue weighted by Crippen LogP contribution is -2.17. The van der Waals surface area contributed by atoms with Gasteiger partial charge in [-0.15, -0.1) is 11.3 Å². The summed E-state index contributed by atoms with van der Waals surface area (Å²) in [5, 5.41) is 12.4. The molecule has 6 aromatic rings. The van der Waals surface area contributed by atoms with Crippen molar-refractivity contribution in [2.24, 2.45) is 5.10 Å². The molecule has 8 heteroatoms. The number of halogens is 1. The molecule has 0 atom stereocenters. The Morgan fingerprint density at radius 2 is 1.64 bits per heavy atom. The summed E-state index contributed by atoms with van der Waals surface area (Å²) in [5.41, 5.74) is 7.75. The third kappa shape index (κ3) is 6.57. The number of amides is 1. The Kier molecular flexibility index (Phi) is 8.35. The Balaban J connectivity index is 1.14. The van der Waals surface area contributed by atoms with E-state index in [1.165, 1.54) is 11.3 Å². The summed E-state index contributed by atoms with van der Waals surface area (Å²) in [6, 6.07) is 37.2. The van der Waals surface area contributed by atoms with Crippen LogP contribution in [0.3, 0.4) is 0 Å². The Morgan fingerprint density at radius 3 is 2.45 bits per heavy atom. The Hall–Kier alpha value is -4.79. The highest BCUT2D eigenvalue weighted by molar-refractivity contribution is 9.10. The number of ether oxygens (including phenoxy) is 1. The van der Waals surface area contributed by atoms with E-state index in [2.05, 4.69) is 36.8 Å². The average Bonchev–Trinajstić information content (AvgIpc) is 3.50. The van der Waals surface area contributed by atoms with Gasteiger partial charge in [-0.1, -0.05) is 88.7 Å². The molecule has 5 aromatic carbocycles. The summed E-state index contributed by atoms with van der Waals surface area (Å²) < 4.78 is 7.19. The number of carbonyl (C=O) groups is 1. The van der Waals surface area contributed by atoms with Crippen molar-refractivity contribution in [1.29, 1.82) is 0 Å². The summed E-state index contributed by atoms with van der Waals surface area (Å²) in [6.07, 6.45) is 1.64. The molecule has 0 bridgehead atoms. The molecule has 0 aliphatic rings. The molecule has 0 aliphatic heterocycles. The van der Waals surface area contributed by atoms with Gasteiger partial charge in [-0.3, -0.25) is 4.79 Å². The fourth-order valence-corrected chi connectivity index (χ4v) is 5.40. The van der Waals surface area contributed by atoms with Crippen molar-refractivity contribution in [1.82, 2.24) is 10.4 Å². The molecule has 0 spiro atoms. The highest BCUT2D eigenvalue weighted by Crippen LogP contribution is 2.29. The second kappa shape index (κ2) is 12.8. The van der Waals surface area contributed by atoms with Crippen molar-refractivity contribution in [3.05, 3.63) is 142 Å². The maximum absolute atomic E-state index is 12.9. The minimum absolute atomic E-state index is 0.305. The van der Waals surface area contributed by atoms with Crippen LogP contribution in [0.25, 0.3) is 22.0 Å². The van der Waals surface area contributed by atoms with Crippen molar-refractivity contribution in [2.75, 3.05) is 5.32 Å². The molecule has 6 rings (SSSR count). The van der Waals surface area contributed by atoms with E-state index in [0.29, 0.717) is 17.9 Å². The number of benzene rings is 5. The minimum Gasteiger partial charge on any atom is -0.488 e. The number of hydrogen-bond acceptors (Lipinski definition) is 6. The third-order valence-corrected chi connectivity index (χ3v) is 7.86. The summed E-state index contributed by atoms with van der Waals surface area (Å²) in [6.45, 7) is 0.411. The maximum atomic E-state index is 12.9. The average molecular weight is 634 g/mol. The van der Waals surface area contributed by atoms with Crippen LogP contribution in [-0.2, 0) is 6.61 Å². The molecule has 0 fully saturated rings. The minimum atomic E-state index is -0.305. The van der Waals surface area contributed by atoms with Crippen molar-refractivity contribution in [3.8, 4) is 17.0 Å². The van der Waals surface area contributed by atoms with Gasteiger partial charge < -0.3 is 10.1 Å². The first kappa shape index (κ1) is 27.4. The van der Waals surface area contributed by atoms with Crippen LogP contribution in [0.15, 0.2) is 130 Å². The maximum Gasteiger partial charge on any atom is 0.271 e. The number of nitrogens with zero attached hydrogens (tertiary/aromatic N) is 2. The van der Waals surface area contributed by atoms with E-state index in [4.69, 9.17) is 4.74 Å². The molecular weight excluding hydrogens is 608 g/mol. The highest BCUT2D eigenvalue weighted by Gasteiger charge is 2.10. The first-order chi connectivity index (χ1) is 20.6. The third-order valence-electron chi connectivity index (χ3n) is 6.57. The highest BCUT2D eigenvalue weighted by atomic mass is 79.9. The molecule has 42 heavy (non-hydrogen) atoms. The number of fused-ring (bicyclic) bond motifs is 1. The molecule has 1 aromatic heterocycles. The molecule has 1 amide bonds. The Bertz CT molecular complexity index is 1850. The van der Waals surface area contributed by atoms with Gasteiger partial charge in [0.05, 0.1) is 11.9 Å². The van der Waals surface area contributed by atoms with E-state index in [0.717, 1.165) is 48.4 Å². The number of anilines is 2. The molecule has 1 heterocycles. The van der Waals surface area contributed by atoms with E-state index in [1.54, 1.807) is 18.3 Å². The summed E-state index contributed by atoms with van der Waals surface area (Å²) >= 11 is 5.00. The lowest BCUT2D eigenvalue weighted by Gasteiger charge is -2.12. The normalized spacial score (nSPS) is 11.1. The van der Waals surface area contributed by atoms with Gasteiger partial charge >= 0.3 is 0 Å². The number of carbonyl (C=O) groups excluding carboxylic acids is 1. The predicted molar refractivity (Wildman–Crippen MR) is 175 cm³/mol. The van der Waals surface area contributed by atoms with Gasteiger partial charge in [0, 0.05) is 32.2 Å². The number of hydrazone groups is 1. The standard InChI is InChI=1S/C34H25BrN4O2S/c35-27-17-10-23(11-18-27)21-41-32-19-16-24-6-4-5-9-29(24)30(32)20-36-39-33(40)26-14-12-25(13-15-26)31-22-42-34(38-31)37-28-7-2-1-3-8-28/h1-20,22H,21H2,(H,37,38)(H,39,40)/b36-20-. The van der Waals surface area contributed by atoms with Crippen LogP contribution < -0.4 is 15.5 Å². The van der Waals surface area contributed by atoms with Gasteiger partial charge in [0.1, 0.15) is 12.4 Å². The molecule has 0 saturated heterocycles. The monoisotopic (exact) mass is 632 g/mol. The van der Waals surface area contributed by atoms with Crippen LogP contribution in [0.5, 0.6) is 5.75 Å². The second-order valence-corrected chi connectivity index (χ2v) is 11.2. The van der Waals surface area contributed by atoms with Crippen molar-refractivity contribution < 1.29 is 9.53 Å². The van der Waals surface area contributed by atoms with Crippen LogP contribution in [0, 0.1) is 0 Å². The zero-order valence-electron chi connectivity index (χ0n) is 22.3. The lowest BCUT2D eigenvalue weighted by molar-refractivity contribution is 0.0955. The molecule has 0 radical (unpaired) electrons. The molecular formula is C34H25BrN4O2S. The number of nitrogens with one attached hydrogen (secondary N) is 2. The van der Waals surface area contributed by atoms with Crippen LogP contribution in [-0.4, -0.2) is 17.1 Å². The van der Waals surface area contributed by atoms with Gasteiger partial charge in [-0.2, -0.15) is 5.10 Å². The molecule has 206 valence electrons. The SMILES string of the molecule is O=C(N/N=C\c1c(OCc2ccc(Br)cc2)ccc2ccccc12)c1ccc(-c2csc(Nc3ccccc3)n2)cc1. The van der Waals surface area contributed by atoms with E-state index >= 15 is 0 Å². The number of para-hydroxylation sites is 1. The van der Waals surface area contributed by atoms with Crippen LogP contribution in [0.1, 0.15) is 21.5 Å². The van der Waals surface area contributed by atoms with E-state index in [9.17, 15) is 4.79 Å². The first-order valence-corrected chi connectivity index (χ1v) is 14.9. The predicted octanol–water partition coefficient (Wildman–Crippen LogP) is 8.81. The Labute approximate surface area is 255 Å². The summed E-state index contributed by atoms with van der Waals surface area (Å²) in [7, 11) is 0. The van der Waals surface area contributed by atoms with Gasteiger partial charge in [-0.25, -0.2) is 10.4 Å². The zero-order valence-corrected chi connectivity index (χ0v) is 24.7. The van der Waals surface area contributed by atoms with E-state index < -0.39 is 0 Å². The Morgan fingerprint density at radius 1 is 0.881 bits per heavy atom. The number of aromatic nitrogens is 1. The summed E-state index contributed by atoms with van der Waals surface area (Å²) in [5.74, 6) is 0.378. The molecule has 0 aliphatic carbocycles. The topological polar surface area (TPSA) is 75.6 Å². The fourth-order valence-electron chi connectivity index (χ4n) is 4.40. The quantitative estimate of drug-likeness (QED) is 0.123. The van der Waals surface area contributed by atoms with Crippen molar-refractivity contribution in [2.45, 2.75) is 6.61 Å². The number of thiazole rings is 1. The lowest BCUT2D eigenvalue weighted by atomic mass is 10.0. The fraction of sp³-hybridized carbons (Fsp3) is 0.0294. The molecule has 0 unspecified atom stereocenters. The van der Waals surface area contributed by atoms with Gasteiger partial charge in [0.15, 0.2) is 5.13 Å². The number of hydrogen-bond donors (Lipinski definition) is 2. The van der Waals surface area contributed by atoms with Crippen LogP contribution >= 0.6 is 27.3 Å². The molecule has 0 saturated carbocycles. The van der Waals surface area contributed by atoms with Gasteiger partial charge in [0.25, 0.3) is 5.91 Å². The van der Waals surface area contributed by atoms with E-state index in [1.807, 2.05) is 109 Å². The van der Waals surface area contributed by atoms with Crippen LogP contribution in [0.2, 0.25) is 0 Å². The van der Waals surface area contributed by atoms with E-state index in [-0.39, 0.29) is 5.91 Å². The second-order valence-electron chi connectivity index (χ2n) is 9.42. The van der Waals surface area contributed by atoms with Crippen molar-refractivity contribution in [3.63, 3.8) is 0 Å². The van der Waals surface area contributed by atoms with Crippen LogP contribution in [0.4, 0.5) is 10.8 Å².